The molecule has 0 aliphatic carbocycles. The third kappa shape index (κ3) is 2.36. The Morgan fingerprint density at radius 3 is 2.48 bits per heavy atom. The average molecular weight is 281 g/mol. The second-order valence-electron chi connectivity index (χ2n) is 4.18. The van der Waals surface area contributed by atoms with Crippen LogP contribution < -0.4 is 0 Å². The molecule has 1 aromatic rings. The molecule has 1 aliphatic rings. The minimum atomic E-state index is -1.64. The summed E-state index contributed by atoms with van der Waals surface area (Å²) in [5.41, 5.74) is -0.584. The van der Waals surface area contributed by atoms with Crippen molar-refractivity contribution in [1.29, 1.82) is 10.5 Å². The quantitative estimate of drug-likeness (QED) is 0.362. The molecule has 0 fully saturated rings. The predicted molar refractivity (Wildman–Crippen MR) is 69.5 cm³/mol. The zero-order valence-electron chi connectivity index (χ0n) is 10.5. The van der Waals surface area contributed by atoms with Crippen LogP contribution in [-0.2, 0) is 4.79 Å². The molecule has 1 unspecified atom stereocenters. The second kappa shape index (κ2) is 5.27. The first-order valence-corrected chi connectivity index (χ1v) is 5.72. The molecule has 0 bridgehead atoms. The molecule has 1 heterocycles. The van der Waals surface area contributed by atoms with Crippen molar-refractivity contribution < 1.29 is 19.4 Å². The number of aromatic hydroxyl groups is 1. The van der Waals surface area contributed by atoms with E-state index in [-0.39, 0.29) is 21.4 Å². The topological polar surface area (TPSA) is 128 Å². The van der Waals surface area contributed by atoms with Crippen LogP contribution in [0.25, 0.3) is 0 Å². The van der Waals surface area contributed by atoms with Gasteiger partial charge in [0.25, 0.3) is 6.04 Å². The summed E-state index contributed by atoms with van der Waals surface area (Å²) in [5.74, 6) is -2.22. The first kappa shape index (κ1) is 14.0. The number of allylic oxidation sites excluding steroid dienone is 1. The number of phenols is 1. The molecule has 0 saturated carbocycles. The van der Waals surface area contributed by atoms with Crippen molar-refractivity contribution in [3.8, 4) is 17.9 Å². The van der Waals surface area contributed by atoms with Gasteiger partial charge in [-0.2, -0.15) is 15.3 Å². The van der Waals surface area contributed by atoms with Gasteiger partial charge in [0, 0.05) is 6.08 Å². The molecule has 7 heteroatoms. The number of nitrogens with zero attached hydrogens (tertiary/aromatic N) is 3. The monoisotopic (exact) mass is 281 g/mol. The highest BCUT2D eigenvalue weighted by molar-refractivity contribution is 6.18. The van der Waals surface area contributed by atoms with Crippen LogP contribution in [0.15, 0.2) is 24.3 Å². The van der Waals surface area contributed by atoms with E-state index in [1.807, 2.05) is 0 Å². The van der Waals surface area contributed by atoms with Gasteiger partial charge in [-0.15, -0.1) is 0 Å². The summed E-state index contributed by atoms with van der Waals surface area (Å²) in [4.78, 5) is 23.9. The number of ketones is 2. The molecule has 7 nitrogen and oxygen atoms in total. The summed E-state index contributed by atoms with van der Waals surface area (Å²) >= 11 is 0. The number of hydrogen-bond donors (Lipinski definition) is 1. The molecule has 21 heavy (non-hydrogen) atoms. The molecule has 0 radical (unpaired) electrons. The first-order chi connectivity index (χ1) is 9.99. The fourth-order valence-electron chi connectivity index (χ4n) is 1.89. The van der Waals surface area contributed by atoms with E-state index in [4.69, 9.17) is 10.5 Å². The summed E-state index contributed by atoms with van der Waals surface area (Å²) in [7, 11) is 0. The van der Waals surface area contributed by atoms with Crippen LogP contribution in [0.3, 0.4) is 0 Å². The maximum absolute atomic E-state index is 12.2. The van der Waals surface area contributed by atoms with E-state index in [2.05, 4.69) is 0 Å². The van der Waals surface area contributed by atoms with Crippen LogP contribution >= 0.6 is 0 Å². The molecule has 0 saturated heterocycles. The molecular weight excluding hydrogens is 274 g/mol. The van der Waals surface area contributed by atoms with Crippen LogP contribution in [0.1, 0.15) is 21.5 Å². The number of hydrogen-bond acceptors (Lipinski definition) is 6. The SMILES string of the molecule is N#Cc1cc(O)c(C(=O)C2C(=O)C=CC=[N+]2[O-])cc1C#N. The van der Waals surface area contributed by atoms with Gasteiger partial charge in [-0.1, -0.05) is 0 Å². The van der Waals surface area contributed by atoms with Crippen molar-refractivity contribution in [2.45, 2.75) is 6.04 Å². The Bertz CT molecular complexity index is 794. The van der Waals surface area contributed by atoms with Gasteiger partial charge >= 0.3 is 0 Å². The van der Waals surface area contributed by atoms with Gasteiger partial charge in [-0.05, 0) is 18.2 Å². The number of hydroxylamine groups is 1. The minimum Gasteiger partial charge on any atom is -0.623 e. The highest BCUT2D eigenvalue weighted by Crippen LogP contribution is 2.24. The zero-order chi connectivity index (χ0) is 15.6. The lowest BCUT2D eigenvalue weighted by Gasteiger charge is -2.16. The lowest BCUT2D eigenvalue weighted by Crippen LogP contribution is -2.40. The highest BCUT2D eigenvalue weighted by atomic mass is 16.5. The van der Waals surface area contributed by atoms with Crippen molar-refractivity contribution in [2.24, 2.45) is 0 Å². The smallest absolute Gasteiger partial charge is 0.287 e. The number of carbonyl (C=O) groups excluding carboxylic acids is 2. The van der Waals surface area contributed by atoms with E-state index in [0.717, 1.165) is 24.4 Å². The lowest BCUT2D eigenvalue weighted by molar-refractivity contribution is -0.464. The van der Waals surface area contributed by atoms with E-state index in [0.29, 0.717) is 0 Å². The largest absolute Gasteiger partial charge is 0.623 e. The van der Waals surface area contributed by atoms with Crippen molar-refractivity contribution in [1.82, 2.24) is 0 Å². The van der Waals surface area contributed by atoms with Gasteiger partial charge in [0.05, 0.1) is 16.7 Å². The van der Waals surface area contributed by atoms with Gasteiger partial charge in [0.15, 0.2) is 6.21 Å². The van der Waals surface area contributed by atoms with E-state index >= 15 is 0 Å². The Balaban J connectivity index is 2.53. The van der Waals surface area contributed by atoms with Gasteiger partial charge < -0.3 is 10.3 Å². The predicted octanol–water partition coefficient (Wildman–Crippen LogP) is 0.407. The fourth-order valence-corrected chi connectivity index (χ4v) is 1.89. The second-order valence-corrected chi connectivity index (χ2v) is 4.18. The van der Waals surface area contributed by atoms with Crippen molar-refractivity contribution >= 4 is 17.8 Å². The molecule has 1 N–H and O–H groups in total. The lowest BCUT2D eigenvalue weighted by atomic mass is 9.95. The first-order valence-electron chi connectivity index (χ1n) is 5.72. The molecule has 0 spiro atoms. The minimum absolute atomic E-state index is 0.105. The fraction of sp³-hybridized carbons (Fsp3) is 0.0714. The van der Waals surface area contributed by atoms with Gasteiger partial charge in [0.1, 0.15) is 17.9 Å². The third-order valence-electron chi connectivity index (χ3n) is 2.91. The molecule has 1 aromatic carbocycles. The number of rotatable bonds is 2. The Hall–Kier alpha value is -3.45. The van der Waals surface area contributed by atoms with Crippen LogP contribution in [-0.4, -0.2) is 33.7 Å². The molecule has 1 aliphatic heterocycles. The maximum atomic E-state index is 12.2. The van der Waals surface area contributed by atoms with Gasteiger partial charge in [0.2, 0.25) is 11.6 Å². The Morgan fingerprint density at radius 2 is 1.90 bits per heavy atom. The number of Topliss-reactive ketones (excluding diaryl/α,β-unsaturated/α-hetero) is 1. The van der Waals surface area contributed by atoms with E-state index in [9.17, 15) is 19.9 Å². The molecule has 102 valence electrons. The summed E-state index contributed by atoms with van der Waals surface area (Å²) < 4.78 is 0.175. The third-order valence-corrected chi connectivity index (χ3v) is 2.91. The van der Waals surface area contributed by atoms with Crippen molar-refractivity contribution in [2.75, 3.05) is 0 Å². The van der Waals surface area contributed by atoms with Crippen LogP contribution in [0, 0.1) is 27.9 Å². The molecule has 0 aromatic heterocycles. The summed E-state index contributed by atoms with van der Waals surface area (Å²) in [6, 6.07) is 3.72. The average Bonchev–Trinajstić information content (AvgIpc) is 2.46. The number of nitriles is 2. The van der Waals surface area contributed by atoms with Crippen molar-refractivity contribution in [3.63, 3.8) is 0 Å². The van der Waals surface area contributed by atoms with Crippen LogP contribution in [0.2, 0.25) is 0 Å². The van der Waals surface area contributed by atoms with E-state index < -0.39 is 23.4 Å². The summed E-state index contributed by atoms with van der Waals surface area (Å²) in [5, 5.41) is 39.1. The number of carbonyl (C=O) groups is 2. The molecule has 2 rings (SSSR count). The van der Waals surface area contributed by atoms with E-state index in [1.165, 1.54) is 6.08 Å². The summed E-state index contributed by atoms with van der Waals surface area (Å²) in [6.45, 7) is 0. The molecule has 0 amide bonds. The van der Waals surface area contributed by atoms with Crippen LogP contribution in [0.5, 0.6) is 5.75 Å². The van der Waals surface area contributed by atoms with Crippen LogP contribution in [0.4, 0.5) is 0 Å². The van der Waals surface area contributed by atoms with E-state index in [1.54, 1.807) is 12.1 Å². The molecule has 1 atom stereocenters. The standard InChI is InChI=1S/C14H7N3O4/c15-6-8-4-10(12(19)5-9(8)7-16)14(20)13-11(18)2-1-3-17(13)21/h1-5,13,19H. The number of phenolic OH excluding ortho intramolecular Hbond substituents is 1. The Morgan fingerprint density at radius 1 is 1.29 bits per heavy atom. The Labute approximate surface area is 118 Å². The summed E-state index contributed by atoms with van der Waals surface area (Å²) in [6.07, 6.45) is 3.29. The number of benzene rings is 1. The van der Waals surface area contributed by atoms with Crippen molar-refractivity contribution in [3.05, 3.63) is 46.2 Å². The normalized spacial score (nSPS) is 16.8. The molecular formula is C14H7N3O4. The Kier molecular flexibility index (Phi) is 3.51. The van der Waals surface area contributed by atoms with Gasteiger partial charge in [-0.3, -0.25) is 9.59 Å². The highest BCUT2D eigenvalue weighted by Gasteiger charge is 2.36. The maximum Gasteiger partial charge on any atom is 0.287 e. The van der Waals surface area contributed by atoms with Gasteiger partial charge in [-0.25, -0.2) is 0 Å². The zero-order valence-corrected chi connectivity index (χ0v) is 10.5.